The van der Waals surface area contributed by atoms with E-state index in [1.54, 1.807) is 6.08 Å². The van der Waals surface area contributed by atoms with Gasteiger partial charge in [0.2, 0.25) is 5.91 Å². The third-order valence-electron chi connectivity index (χ3n) is 2.32. The Hall–Kier alpha value is -1.13. The maximum Gasteiger partial charge on any atom is 0.234 e. The fraction of sp³-hybridized carbons (Fsp3) is 0.308. The Morgan fingerprint density at radius 2 is 2.24 bits per heavy atom. The van der Waals surface area contributed by atoms with Gasteiger partial charge >= 0.3 is 0 Å². The SMILES string of the molecule is C=CCNCC(=O)N[C@@H](C)c1ccccc1Br. The number of benzene rings is 1. The number of nitrogens with one attached hydrogen (secondary N) is 2. The summed E-state index contributed by atoms with van der Waals surface area (Å²) in [5.74, 6) is -0.0184. The molecule has 0 spiro atoms. The number of amides is 1. The molecule has 1 atom stereocenters. The van der Waals surface area contributed by atoms with Crippen molar-refractivity contribution in [2.75, 3.05) is 13.1 Å². The van der Waals surface area contributed by atoms with Gasteiger partial charge in [0.25, 0.3) is 0 Å². The van der Waals surface area contributed by atoms with Crippen LogP contribution in [0.2, 0.25) is 0 Å². The molecule has 92 valence electrons. The molecule has 0 radical (unpaired) electrons. The van der Waals surface area contributed by atoms with Crippen molar-refractivity contribution in [1.29, 1.82) is 0 Å². The quantitative estimate of drug-likeness (QED) is 0.625. The predicted octanol–water partition coefficient (Wildman–Crippen LogP) is 2.40. The smallest absolute Gasteiger partial charge is 0.234 e. The molecule has 3 nitrogen and oxygen atoms in total. The van der Waals surface area contributed by atoms with Crippen LogP contribution in [0.1, 0.15) is 18.5 Å². The van der Waals surface area contributed by atoms with Crippen molar-refractivity contribution in [3.8, 4) is 0 Å². The number of rotatable bonds is 6. The molecule has 1 rings (SSSR count). The molecule has 0 aliphatic rings. The molecular weight excluding hydrogens is 280 g/mol. The molecular formula is C13H17BrN2O. The van der Waals surface area contributed by atoms with E-state index in [1.165, 1.54) is 0 Å². The molecule has 0 fully saturated rings. The Kier molecular flexibility index (Phi) is 5.94. The van der Waals surface area contributed by atoms with E-state index in [0.29, 0.717) is 13.1 Å². The van der Waals surface area contributed by atoms with Crippen molar-refractivity contribution < 1.29 is 4.79 Å². The van der Waals surface area contributed by atoms with E-state index in [2.05, 4.69) is 33.1 Å². The second kappa shape index (κ2) is 7.25. The normalized spacial score (nSPS) is 11.9. The van der Waals surface area contributed by atoms with Gasteiger partial charge in [0, 0.05) is 11.0 Å². The highest BCUT2D eigenvalue weighted by atomic mass is 79.9. The summed E-state index contributed by atoms with van der Waals surface area (Å²) in [6.07, 6.45) is 1.73. The van der Waals surface area contributed by atoms with Gasteiger partial charge in [-0.05, 0) is 18.6 Å². The van der Waals surface area contributed by atoms with E-state index in [-0.39, 0.29) is 11.9 Å². The van der Waals surface area contributed by atoms with E-state index in [1.807, 2.05) is 31.2 Å². The second-order valence-corrected chi connectivity index (χ2v) is 4.58. The Balaban J connectivity index is 2.49. The van der Waals surface area contributed by atoms with Crippen LogP contribution in [-0.4, -0.2) is 19.0 Å². The van der Waals surface area contributed by atoms with Crippen molar-refractivity contribution >= 4 is 21.8 Å². The summed E-state index contributed by atoms with van der Waals surface area (Å²) in [7, 11) is 0. The monoisotopic (exact) mass is 296 g/mol. The highest BCUT2D eigenvalue weighted by Gasteiger charge is 2.11. The van der Waals surface area contributed by atoms with Gasteiger partial charge in [-0.15, -0.1) is 6.58 Å². The van der Waals surface area contributed by atoms with Gasteiger partial charge in [-0.1, -0.05) is 40.2 Å². The number of carbonyl (C=O) groups excluding carboxylic acids is 1. The van der Waals surface area contributed by atoms with Crippen LogP contribution < -0.4 is 10.6 Å². The second-order valence-electron chi connectivity index (χ2n) is 3.73. The number of hydrogen-bond donors (Lipinski definition) is 2. The Bertz CT molecular complexity index is 393. The zero-order valence-corrected chi connectivity index (χ0v) is 11.5. The third-order valence-corrected chi connectivity index (χ3v) is 3.05. The summed E-state index contributed by atoms with van der Waals surface area (Å²) in [6.45, 7) is 6.48. The Morgan fingerprint density at radius 3 is 2.88 bits per heavy atom. The highest BCUT2D eigenvalue weighted by Crippen LogP contribution is 2.22. The molecule has 0 aromatic heterocycles. The van der Waals surface area contributed by atoms with E-state index >= 15 is 0 Å². The predicted molar refractivity (Wildman–Crippen MR) is 73.8 cm³/mol. The molecule has 1 amide bonds. The lowest BCUT2D eigenvalue weighted by molar-refractivity contribution is -0.120. The topological polar surface area (TPSA) is 41.1 Å². The van der Waals surface area contributed by atoms with Gasteiger partial charge in [-0.25, -0.2) is 0 Å². The average molecular weight is 297 g/mol. The standard InChI is InChI=1S/C13H17BrN2O/c1-3-8-15-9-13(17)16-10(2)11-6-4-5-7-12(11)14/h3-7,10,15H,1,8-9H2,2H3,(H,16,17)/t10-/m0/s1. The van der Waals surface area contributed by atoms with Crippen molar-refractivity contribution in [2.24, 2.45) is 0 Å². The molecule has 17 heavy (non-hydrogen) atoms. The molecule has 1 aromatic carbocycles. The van der Waals surface area contributed by atoms with Crippen molar-refractivity contribution in [3.05, 3.63) is 47.0 Å². The van der Waals surface area contributed by atoms with E-state index in [4.69, 9.17) is 0 Å². The van der Waals surface area contributed by atoms with Gasteiger partial charge in [0.05, 0.1) is 12.6 Å². The van der Waals surface area contributed by atoms with Crippen LogP contribution >= 0.6 is 15.9 Å². The number of carbonyl (C=O) groups is 1. The minimum absolute atomic E-state index is 0.0105. The largest absolute Gasteiger partial charge is 0.348 e. The lowest BCUT2D eigenvalue weighted by atomic mass is 10.1. The summed E-state index contributed by atoms with van der Waals surface area (Å²) in [5, 5.41) is 5.89. The van der Waals surface area contributed by atoms with Crippen LogP contribution in [0.5, 0.6) is 0 Å². The van der Waals surface area contributed by atoms with Gasteiger partial charge in [0.15, 0.2) is 0 Å². The molecule has 2 N–H and O–H groups in total. The molecule has 0 unspecified atom stereocenters. The Morgan fingerprint density at radius 1 is 1.53 bits per heavy atom. The molecule has 0 bridgehead atoms. The minimum Gasteiger partial charge on any atom is -0.348 e. The lowest BCUT2D eigenvalue weighted by Crippen LogP contribution is -2.35. The van der Waals surface area contributed by atoms with Gasteiger partial charge in [0.1, 0.15) is 0 Å². The number of halogens is 1. The molecule has 1 aromatic rings. The van der Waals surface area contributed by atoms with Gasteiger partial charge in [-0.2, -0.15) is 0 Å². The zero-order valence-electron chi connectivity index (χ0n) is 9.87. The highest BCUT2D eigenvalue weighted by molar-refractivity contribution is 9.10. The van der Waals surface area contributed by atoms with Crippen molar-refractivity contribution in [3.63, 3.8) is 0 Å². The minimum atomic E-state index is -0.0184. The first-order valence-electron chi connectivity index (χ1n) is 5.50. The third kappa shape index (κ3) is 4.71. The lowest BCUT2D eigenvalue weighted by Gasteiger charge is -2.15. The fourth-order valence-corrected chi connectivity index (χ4v) is 2.11. The van der Waals surface area contributed by atoms with Crippen LogP contribution in [0.4, 0.5) is 0 Å². The summed E-state index contributed by atoms with van der Waals surface area (Å²) < 4.78 is 1.01. The van der Waals surface area contributed by atoms with E-state index in [0.717, 1.165) is 10.0 Å². The fourth-order valence-electron chi connectivity index (χ4n) is 1.48. The van der Waals surface area contributed by atoms with Crippen molar-refractivity contribution in [2.45, 2.75) is 13.0 Å². The molecule has 0 aliphatic carbocycles. The summed E-state index contributed by atoms with van der Waals surface area (Å²) >= 11 is 3.47. The molecule has 4 heteroatoms. The maximum atomic E-state index is 11.6. The van der Waals surface area contributed by atoms with Crippen LogP contribution in [-0.2, 0) is 4.79 Å². The van der Waals surface area contributed by atoms with Gasteiger partial charge < -0.3 is 10.6 Å². The van der Waals surface area contributed by atoms with Crippen LogP contribution in [0.15, 0.2) is 41.4 Å². The van der Waals surface area contributed by atoms with Gasteiger partial charge in [-0.3, -0.25) is 4.79 Å². The molecule has 0 saturated carbocycles. The molecule has 0 heterocycles. The summed E-state index contributed by atoms with van der Waals surface area (Å²) in [5.41, 5.74) is 1.07. The maximum absolute atomic E-state index is 11.6. The first-order valence-corrected chi connectivity index (χ1v) is 6.30. The summed E-state index contributed by atoms with van der Waals surface area (Å²) in [6, 6.07) is 7.86. The molecule has 0 saturated heterocycles. The van der Waals surface area contributed by atoms with Crippen LogP contribution in [0.25, 0.3) is 0 Å². The summed E-state index contributed by atoms with van der Waals surface area (Å²) in [4.78, 5) is 11.6. The zero-order chi connectivity index (χ0) is 12.7. The van der Waals surface area contributed by atoms with Crippen molar-refractivity contribution in [1.82, 2.24) is 10.6 Å². The van der Waals surface area contributed by atoms with E-state index < -0.39 is 0 Å². The first kappa shape index (κ1) is 13.9. The van der Waals surface area contributed by atoms with Crippen LogP contribution in [0.3, 0.4) is 0 Å². The number of hydrogen-bond acceptors (Lipinski definition) is 2. The first-order chi connectivity index (χ1) is 8.15. The Labute approximate surface area is 110 Å². The average Bonchev–Trinajstić information content (AvgIpc) is 2.29. The molecule has 0 aliphatic heterocycles. The van der Waals surface area contributed by atoms with Crippen LogP contribution in [0, 0.1) is 0 Å². The van der Waals surface area contributed by atoms with E-state index in [9.17, 15) is 4.79 Å².